The van der Waals surface area contributed by atoms with Gasteiger partial charge in [-0.1, -0.05) is 46.8 Å². The van der Waals surface area contributed by atoms with Gasteiger partial charge in [-0.15, -0.1) is 0 Å². The van der Waals surface area contributed by atoms with Crippen LogP contribution in [0.2, 0.25) is 0 Å². The maximum Gasteiger partial charge on any atom is 0.125 e. The fraction of sp³-hybridized carbons (Fsp3) is 0.500. The van der Waals surface area contributed by atoms with Crippen molar-refractivity contribution in [1.82, 2.24) is 9.88 Å². The van der Waals surface area contributed by atoms with Gasteiger partial charge in [-0.25, -0.2) is 0 Å². The third kappa shape index (κ3) is 2.96. The first-order valence-corrected chi connectivity index (χ1v) is 7.51. The van der Waals surface area contributed by atoms with E-state index in [1.54, 1.807) is 0 Å². The summed E-state index contributed by atoms with van der Waals surface area (Å²) in [5, 5.41) is 14.1. The third-order valence-corrected chi connectivity index (χ3v) is 3.96. The van der Waals surface area contributed by atoms with Gasteiger partial charge in [0.25, 0.3) is 0 Å². The molecule has 1 aromatic carbocycles. The lowest BCUT2D eigenvalue weighted by molar-refractivity contribution is 0.589. The summed E-state index contributed by atoms with van der Waals surface area (Å²) in [6.07, 6.45) is 0. The Morgan fingerprint density at radius 1 is 1.29 bits per heavy atom. The standard InChI is InChI=1S/C18H25N3/c1-12(2)20-11-15-14-8-7-13(18(3,4)5)9-16(14)21(6)17(15)10-19/h7-9,12,20H,11H2,1-6H3. The lowest BCUT2D eigenvalue weighted by atomic mass is 9.86. The average Bonchev–Trinajstić information content (AvgIpc) is 2.67. The minimum atomic E-state index is 0.113. The molecule has 21 heavy (non-hydrogen) atoms. The molecule has 1 N–H and O–H groups in total. The van der Waals surface area contributed by atoms with Crippen LogP contribution in [0, 0.1) is 11.3 Å². The minimum Gasteiger partial charge on any atom is -0.335 e. The van der Waals surface area contributed by atoms with Crippen LogP contribution in [0.4, 0.5) is 0 Å². The molecule has 3 nitrogen and oxygen atoms in total. The maximum atomic E-state index is 9.50. The molecule has 0 saturated heterocycles. The first kappa shape index (κ1) is 15.6. The highest BCUT2D eigenvalue weighted by molar-refractivity contribution is 5.87. The Kier molecular flexibility index (Phi) is 4.11. The number of aromatic nitrogens is 1. The van der Waals surface area contributed by atoms with Gasteiger partial charge in [0, 0.05) is 36.1 Å². The van der Waals surface area contributed by atoms with Crippen LogP contribution < -0.4 is 5.32 Å². The molecule has 0 bridgehead atoms. The number of fused-ring (bicyclic) bond motifs is 1. The van der Waals surface area contributed by atoms with E-state index in [1.807, 2.05) is 11.6 Å². The van der Waals surface area contributed by atoms with Crippen LogP contribution in [-0.2, 0) is 19.0 Å². The van der Waals surface area contributed by atoms with Crippen LogP contribution in [0.25, 0.3) is 10.9 Å². The van der Waals surface area contributed by atoms with E-state index in [0.717, 1.165) is 23.3 Å². The number of nitriles is 1. The van der Waals surface area contributed by atoms with Crippen LogP contribution in [0.5, 0.6) is 0 Å². The zero-order valence-corrected chi connectivity index (χ0v) is 13.9. The van der Waals surface area contributed by atoms with Crippen LogP contribution in [0.15, 0.2) is 18.2 Å². The first-order valence-electron chi connectivity index (χ1n) is 7.51. The summed E-state index contributed by atoms with van der Waals surface area (Å²) in [5.41, 5.74) is 4.40. The van der Waals surface area contributed by atoms with Gasteiger partial charge >= 0.3 is 0 Å². The Morgan fingerprint density at radius 3 is 2.48 bits per heavy atom. The Morgan fingerprint density at radius 2 is 1.95 bits per heavy atom. The monoisotopic (exact) mass is 283 g/mol. The minimum absolute atomic E-state index is 0.113. The number of rotatable bonds is 3. The number of hydrogen-bond acceptors (Lipinski definition) is 2. The van der Waals surface area contributed by atoms with E-state index in [2.05, 4.69) is 64.2 Å². The molecular weight excluding hydrogens is 258 g/mol. The Hall–Kier alpha value is -1.79. The van der Waals surface area contributed by atoms with Crippen molar-refractivity contribution < 1.29 is 0 Å². The number of hydrogen-bond donors (Lipinski definition) is 1. The largest absolute Gasteiger partial charge is 0.335 e. The summed E-state index contributed by atoms with van der Waals surface area (Å²) in [6.45, 7) is 11.6. The van der Waals surface area contributed by atoms with Crippen LogP contribution in [0.1, 0.15) is 51.4 Å². The van der Waals surface area contributed by atoms with E-state index in [0.29, 0.717) is 6.04 Å². The van der Waals surface area contributed by atoms with Crippen molar-refractivity contribution in [2.45, 2.75) is 52.6 Å². The molecule has 0 radical (unpaired) electrons. The molecule has 1 aromatic heterocycles. The van der Waals surface area contributed by atoms with Crippen molar-refractivity contribution in [3.8, 4) is 6.07 Å². The van der Waals surface area contributed by atoms with Gasteiger partial charge in [-0.3, -0.25) is 0 Å². The predicted molar refractivity (Wildman–Crippen MR) is 88.3 cm³/mol. The molecule has 0 fully saturated rings. The van der Waals surface area contributed by atoms with Crippen molar-refractivity contribution >= 4 is 10.9 Å². The molecule has 0 atom stereocenters. The maximum absolute atomic E-state index is 9.50. The highest BCUT2D eigenvalue weighted by Gasteiger charge is 2.19. The lowest BCUT2D eigenvalue weighted by Gasteiger charge is -2.19. The number of nitrogens with zero attached hydrogens (tertiary/aromatic N) is 2. The zero-order valence-electron chi connectivity index (χ0n) is 13.9. The lowest BCUT2D eigenvalue weighted by Crippen LogP contribution is -2.22. The van der Waals surface area contributed by atoms with Gasteiger partial charge in [-0.2, -0.15) is 5.26 Å². The summed E-state index contributed by atoms with van der Waals surface area (Å²) in [4.78, 5) is 0. The molecule has 0 aliphatic rings. The average molecular weight is 283 g/mol. The van der Waals surface area contributed by atoms with Crippen molar-refractivity contribution in [3.63, 3.8) is 0 Å². The van der Waals surface area contributed by atoms with E-state index >= 15 is 0 Å². The summed E-state index contributed by atoms with van der Waals surface area (Å²) in [7, 11) is 1.98. The SMILES string of the molecule is CC(C)NCc1c(C#N)n(C)c2cc(C(C)(C)C)ccc12. The molecule has 0 unspecified atom stereocenters. The topological polar surface area (TPSA) is 40.8 Å². The Bertz CT molecular complexity index is 694. The van der Waals surface area contributed by atoms with E-state index in [1.165, 1.54) is 10.9 Å². The Labute approximate surface area is 127 Å². The van der Waals surface area contributed by atoms with E-state index in [4.69, 9.17) is 0 Å². The molecule has 0 saturated carbocycles. The van der Waals surface area contributed by atoms with E-state index < -0.39 is 0 Å². The summed E-state index contributed by atoms with van der Waals surface area (Å²) >= 11 is 0. The van der Waals surface area contributed by atoms with E-state index in [-0.39, 0.29) is 5.41 Å². The smallest absolute Gasteiger partial charge is 0.125 e. The van der Waals surface area contributed by atoms with Gasteiger partial charge in [-0.05, 0) is 17.0 Å². The predicted octanol–water partition coefficient (Wildman–Crippen LogP) is 3.85. The fourth-order valence-electron chi connectivity index (χ4n) is 2.61. The van der Waals surface area contributed by atoms with Crippen molar-refractivity contribution in [1.29, 1.82) is 5.26 Å². The molecule has 2 aromatic rings. The summed E-state index contributed by atoms with van der Waals surface area (Å²) in [5.74, 6) is 0. The molecular formula is C18H25N3. The van der Waals surface area contributed by atoms with Crippen molar-refractivity contribution in [2.75, 3.05) is 0 Å². The highest BCUT2D eigenvalue weighted by atomic mass is 15.0. The number of nitrogens with one attached hydrogen (secondary N) is 1. The fourth-order valence-corrected chi connectivity index (χ4v) is 2.61. The van der Waals surface area contributed by atoms with Gasteiger partial charge in [0.05, 0.1) is 0 Å². The summed E-state index contributed by atoms with van der Waals surface area (Å²) < 4.78 is 2.02. The molecule has 2 rings (SSSR count). The second-order valence-electron chi connectivity index (χ2n) is 7.02. The van der Waals surface area contributed by atoms with Gasteiger partial charge in [0.2, 0.25) is 0 Å². The first-order chi connectivity index (χ1) is 9.75. The van der Waals surface area contributed by atoms with Crippen LogP contribution >= 0.6 is 0 Å². The summed E-state index contributed by atoms with van der Waals surface area (Å²) in [6, 6.07) is 9.32. The third-order valence-electron chi connectivity index (χ3n) is 3.96. The number of aryl methyl sites for hydroxylation is 1. The Balaban J connectivity index is 2.62. The molecule has 0 spiro atoms. The van der Waals surface area contributed by atoms with Gasteiger partial charge in [0.15, 0.2) is 0 Å². The molecule has 0 amide bonds. The molecule has 0 aliphatic heterocycles. The van der Waals surface area contributed by atoms with Crippen LogP contribution in [-0.4, -0.2) is 10.6 Å². The van der Waals surface area contributed by atoms with Crippen LogP contribution in [0.3, 0.4) is 0 Å². The molecule has 3 heteroatoms. The molecule has 1 heterocycles. The second-order valence-corrected chi connectivity index (χ2v) is 7.02. The molecule has 0 aliphatic carbocycles. The van der Waals surface area contributed by atoms with Crippen molar-refractivity contribution in [3.05, 3.63) is 35.0 Å². The number of benzene rings is 1. The van der Waals surface area contributed by atoms with E-state index in [9.17, 15) is 5.26 Å². The van der Waals surface area contributed by atoms with Crippen molar-refractivity contribution in [2.24, 2.45) is 7.05 Å². The normalized spacial score (nSPS) is 12.1. The second kappa shape index (κ2) is 5.54. The van der Waals surface area contributed by atoms with Gasteiger partial charge < -0.3 is 9.88 Å². The quantitative estimate of drug-likeness (QED) is 0.929. The molecule has 112 valence electrons. The zero-order chi connectivity index (χ0) is 15.8. The van der Waals surface area contributed by atoms with Gasteiger partial charge in [0.1, 0.15) is 11.8 Å². The highest BCUT2D eigenvalue weighted by Crippen LogP contribution is 2.30.